The van der Waals surface area contributed by atoms with Crippen LogP contribution in [-0.4, -0.2) is 60.3 Å². The molecule has 4 rings (SSSR count). The molecule has 1 saturated heterocycles. The molecule has 1 saturated carbocycles. The first-order valence-corrected chi connectivity index (χ1v) is 11.6. The van der Waals surface area contributed by atoms with E-state index in [-0.39, 0.29) is 18.2 Å². The summed E-state index contributed by atoms with van der Waals surface area (Å²) in [4.78, 5) is 4.78. The first kappa shape index (κ1) is 22.5. The van der Waals surface area contributed by atoms with Crippen LogP contribution in [0.25, 0.3) is 6.08 Å². The van der Waals surface area contributed by atoms with Gasteiger partial charge in [0.1, 0.15) is 11.6 Å². The molecule has 2 fully saturated rings. The van der Waals surface area contributed by atoms with Crippen LogP contribution in [0.5, 0.6) is 0 Å². The van der Waals surface area contributed by atoms with Gasteiger partial charge in [0.2, 0.25) is 0 Å². The normalized spacial score (nSPS) is 27.5. The molecule has 31 heavy (non-hydrogen) atoms. The lowest BCUT2D eigenvalue weighted by Crippen LogP contribution is -2.51. The Balaban J connectivity index is 1.62. The zero-order valence-electron chi connectivity index (χ0n) is 18.2. The minimum atomic E-state index is -1.07. The maximum atomic E-state index is 14.7. The Morgan fingerprint density at radius 2 is 2.03 bits per heavy atom. The molecule has 1 N–H and O–H groups in total. The molecule has 1 aromatic heterocycles. The van der Waals surface area contributed by atoms with Crippen LogP contribution in [0.2, 0.25) is 5.02 Å². The van der Waals surface area contributed by atoms with Crippen LogP contribution in [0, 0.1) is 11.7 Å². The van der Waals surface area contributed by atoms with E-state index in [0.717, 1.165) is 63.3 Å². The molecule has 1 aliphatic heterocycles. The van der Waals surface area contributed by atoms with Crippen molar-refractivity contribution in [3.63, 3.8) is 0 Å². The largest absolute Gasteiger partial charge is 0.465 e. The highest BCUT2D eigenvalue weighted by Crippen LogP contribution is 2.40. The van der Waals surface area contributed by atoms with Crippen molar-refractivity contribution in [3.8, 4) is 0 Å². The fraction of sp³-hybridized carbons (Fsp3) is 0.520. The zero-order valence-corrected chi connectivity index (χ0v) is 19.0. The predicted molar refractivity (Wildman–Crippen MR) is 123 cm³/mol. The van der Waals surface area contributed by atoms with E-state index in [1.54, 1.807) is 18.4 Å². The Labute approximate surface area is 189 Å². The van der Waals surface area contributed by atoms with Crippen molar-refractivity contribution in [2.45, 2.75) is 37.7 Å². The minimum absolute atomic E-state index is 0.0501. The summed E-state index contributed by atoms with van der Waals surface area (Å²) in [5.74, 6) is 0.493. The zero-order chi connectivity index (χ0) is 21.8. The summed E-state index contributed by atoms with van der Waals surface area (Å²) in [7, 11) is 2.14. The fourth-order valence-corrected chi connectivity index (χ4v) is 5.22. The highest BCUT2D eigenvalue weighted by Gasteiger charge is 2.41. The van der Waals surface area contributed by atoms with Crippen molar-refractivity contribution in [1.29, 1.82) is 0 Å². The van der Waals surface area contributed by atoms with Gasteiger partial charge in [0.25, 0.3) is 0 Å². The summed E-state index contributed by atoms with van der Waals surface area (Å²) in [6.45, 7) is 4.89. The second-order valence-corrected chi connectivity index (χ2v) is 9.58. The lowest BCUT2D eigenvalue weighted by Gasteiger charge is -2.41. The minimum Gasteiger partial charge on any atom is -0.465 e. The maximum Gasteiger partial charge on any atom is 0.127 e. The summed E-state index contributed by atoms with van der Waals surface area (Å²) in [6.07, 6.45) is 7.22. The quantitative estimate of drug-likeness (QED) is 0.665. The van der Waals surface area contributed by atoms with E-state index in [1.807, 2.05) is 18.2 Å². The van der Waals surface area contributed by atoms with Crippen molar-refractivity contribution in [3.05, 3.63) is 64.3 Å². The molecule has 1 aromatic carbocycles. The van der Waals surface area contributed by atoms with Gasteiger partial charge in [0.15, 0.2) is 0 Å². The number of piperazine rings is 1. The Bertz CT molecular complexity index is 873. The molecule has 2 aliphatic rings. The molecule has 2 aromatic rings. The Hall–Kier alpha value is -1.66. The third-order valence-corrected chi connectivity index (χ3v) is 7.21. The average Bonchev–Trinajstić information content (AvgIpc) is 3.19. The summed E-state index contributed by atoms with van der Waals surface area (Å²) in [5, 5.41) is 12.4. The van der Waals surface area contributed by atoms with Crippen molar-refractivity contribution in [1.82, 2.24) is 9.80 Å². The van der Waals surface area contributed by atoms with Gasteiger partial charge < -0.3 is 19.3 Å². The van der Waals surface area contributed by atoms with E-state index < -0.39 is 5.60 Å². The SMILES string of the molecule is CN1CCN(CC2CCCC(=Cc3ccco3)CC2(O)Cc2c(F)cccc2Cl)CC1. The third kappa shape index (κ3) is 5.58. The van der Waals surface area contributed by atoms with Gasteiger partial charge in [-0.05, 0) is 63.1 Å². The highest BCUT2D eigenvalue weighted by molar-refractivity contribution is 6.31. The lowest BCUT2D eigenvalue weighted by molar-refractivity contribution is -0.0352. The van der Waals surface area contributed by atoms with E-state index in [2.05, 4.69) is 16.8 Å². The van der Waals surface area contributed by atoms with Crippen molar-refractivity contribution < 1.29 is 13.9 Å². The number of furan rings is 1. The standard InChI is InChI=1S/C25H32ClFN2O2/c1-28-10-12-29(13-11-28)18-20-6-2-5-19(15-21-7-4-14-31-21)16-25(20,30)17-22-23(26)8-3-9-24(22)27/h3-4,7-9,14-15,20,30H,2,5-6,10-13,16-18H2,1H3. The number of rotatable bonds is 5. The van der Waals surface area contributed by atoms with Gasteiger partial charge in [0, 0.05) is 55.6 Å². The van der Waals surface area contributed by atoms with Crippen LogP contribution >= 0.6 is 11.6 Å². The number of aliphatic hydroxyl groups is 1. The van der Waals surface area contributed by atoms with Crippen LogP contribution < -0.4 is 0 Å². The number of nitrogens with zero attached hydrogens (tertiary/aromatic N) is 2. The summed E-state index contributed by atoms with van der Waals surface area (Å²) in [5.41, 5.74) is 0.490. The van der Waals surface area contributed by atoms with Crippen molar-refractivity contribution >= 4 is 17.7 Å². The predicted octanol–water partition coefficient (Wildman–Crippen LogP) is 4.87. The molecule has 0 radical (unpaired) electrons. The Kier molecular flexibility index (Phi) is 7.17. The summed E-state index contributed by atoms with van der Waals surface area (Å²) < 4.78 is 20.2. The molecular formula is C25H32ClFN2O2. The summed E-state index contributed by atoms with van der Waals surface area (Å²) in [6, 6.07) is 8.53. The summed E-state index contributed by atoms with van der Waals surface area (Å²) >= 11 is 6.36. The fourth-order valence-electron chi connectivity index (χ4n) is 4.99. The molecule has 0 bridgehead atoms. The van der Waals surface area contributed by atoms with Gasteiger partial charge in [-0.25, -0.2) is 4.39 Å². The molecule has 4 nitrogen and oxygen atoms in total. The number of hydrogen-bond donors (Lipinski definition) is 1. The molecule has 2 atom stereocenters. The number of likely N-dealkylation sites (N-methyl/N-ethyl adjacent to an activating group) is 1. The second-order valence-electron chi connectivity index (χ2n) is 9.17. The smallest absolute Gasteiger partial charge is 0.127 e. The molecule has 0 amide bonds. The highest BCUT2D eigenvalue weighted by atomic mass is 35.5. The molecule has 168 valence electrons. The molecule has 2 unspecified atom stereocenters. The van der Waals surface area contributed by atoms with Gasteiger partial charge in [-0.2, -0.15) is 0 Å². The first-order chi connectivity index (χ1) is 14.9. The monoisotopic (exact) mass is 446 g/mol. The molecule has 2 heterocycles. The van der Waals surface area contributed by atoms with Gasteiger partial charge in [-0.15, -0.1) is 0 Å². The van der Waals surface area contributed by atoms with Gasteiger partial charge in [-0.3, -0.25) is 0 Å². The van der Waals surface area contributed by atoms with E-state index in [1.165, 1.54) is 6.07 Å². The number of benzene rings is 1. The first-order valence-electron chi connectivity index (χ1n) is 11.2. The topological polar surface area (TPSA) is 39.9 Å². The lowest BCUT2D eigenvalue weighted by atomic mass is 9.77. The Morgan fingerprint density at radius 1 is 1.23 bits per heavy atom. The Morgan fingerprint density at radius 3 is 2.74 bits per heavy atom. The van der Waals surface area contributed by atoms with E-state index in [0.29, 0.717) is 17.0 Å². The van der Waals surface area contributed by atoms with Crippen LogP contribution in [0.15, 0.2) is 46.6 Å². The van der Waals surface area contributed by atoms with Crippen molar-refractivity contribution in [2.75, 3.05) is 39.8 Å². The van der Waals surface area contributed by atoms with E-state index >= 15 is 0 Å². The second kappa shape index (κ2) is 9.86. The molecule has 0 spiro atoms. The number of halogens is 2. The molecule has 6 heteroatoms. The average molecular weight is 447 g/mol. The van der Waals surface area contributed by atoms with Crippen LogP contribution in [0.4, 0.5) is 4.39 Å². The van der Waals surface area contributed by atoms with E-state index in [4.69, 9.17) is 16.0 Å². The molecule has 1 aliphatic carbocycles. The maximum absolute atomic E-state index is 14.7. The molecular weight excluding hydrogens is 415 g/mol. The van der Waals surface area contributed by atoms with Gasteiger partial charge >= 0.3 is 0 Å². The van der Waals surface area contributed by atoms with Gasteiger partial charge in [-0.1, -0.05) is 23.2 Å². The van der Waals surface area contributed by atoms with E-state index in [9.17, 15) is 9.50 Å². The van der Waals surface area contributed by atoms with Crippen LogP contribution in [-0.2, 0) is 6.42 Å². The van der Waals surface area contributed by atoms with Crippen LogP contribution in [0.1, 0.15) is 37.0 Å². The van der Waals surface area contributed by atoms with Gasteiger partial charge in [0.05, 0.1) is 11.9 Å². The van der Waals surface area contributed by atoms with Crippen molar-refractivity contribution in [2.24, 2.45) is 5.92 Å². The third-order valence-electron chi connectivity index (χ3n) is 6.85. The number of hydrogen-bond acceptors (Lipinski definition) is 4. The van der Waals surface area contributed by atoms with Crippen LogP contribution in [0.3, 0.4) is 0 Å².